The molecule has 0 bridgehead atoms. The van der Waals surface area contributed by atoms with E-state index >= 15 is 0 Å². The summed E-state index contributed by atoms with van der Waals surface area (Å²) in [6.45, 7) is -0.988. The van der Waals surface area contributed by atoms with E-state index in [0.29, 0.717) is 0 Å². The lowest BCUT2D eigenvalue weighted by Gasteiger charge is -2.39. The largest absolute Gasteiger partial charge is 0.465 e. The minimum absolute atomic E-state index is 0.00160. The average molecular weight is 368 g/mol. The van der Waals surface area contributed by atoms with Crippen molar-refractivity contribution in [3.63, 3.8) is 0 Å². The van der Waals surface area contributed by atoms with Crippen molar-refractivity contribution in [3.8, 4) is 0 Å². The van der Waals surface area contributed by atoms with E-state index in [2.05, 4.69) is 10.3 Å². The number of hydrogen-bond acceptors (Lipinski definition) is 3. The van der Waals surface area contributed by atoms with Gasteiger partial charge in [-0.05, 0) is 18.6 Å². The Hall–Kier alpha value is -1.67. The van der Waals surface area contributed by atoms with Crippen molar-refractivity contribution in [2.24, 2.45) is 0 Å². The minimum atomic E-state index is -3.06. The predicted octanol–water partition coefficient (Wildman–Crippen LogP) is 2.90. The summed E-state index contributed by atoms with van der Waals surface area (Å²) >= 11 is 11.6. The van der Waals surface area contributed by atoms with E-state index in [0.717, 1.165) is 4.90 Å². The standard InChI is InChI=1S/C13H13Cl2F2N3O3/c14-8-1-2-9(15)19-10(8)11(21)20-6-13(16,17)4-3-7(20)5-18-12(22)23/h1-2,7,18H,3-6H2,(H,22,23)/t7-/m1/s1. The topological polar surface area (TPSA) is 82.5 Å². The molecular formula is C13H13Cl2F2N3O3. The van der Waals surface area contributed by atoms with Gasteiger partial charge in [-0.1, -0.05) is 23.2 Å². The molecule has 2 rings (SSSR count). The molecule has 2 amide bonds. The van der Waals surface area contributed by atoms with Gasteiger partial charge in [-0.15, -0.1) is 0 Å². The highest BCUT2D eigenvalue weighted by Crippen LogP contribution is 2.32. The predicted molar refractivity (Wildman–Crippen MR) is 79.3 cm³/mol. The van der Waals surface area contributed by atoms with Gasteiger partial charge in [-0.3, -0.25) is 4.79 Å². The number of hydrogen-bond donors (Lipinski definition) is 2. The van der Waals surface area contributed by atoms with Crippen LogP contribution in [-0.2, 0) is 0 Å². The van der Waals surface area contributed by atoms with Crippen LogP contribution < -0.4 is 5.32 Å². The third kappa shape index (κ3) is 4.42. The van der Waals surface area contributed by atoms with Crippen LogP contribution in [0.4, 0.5) is 13.6 Å². The number of piperidine rings is 1. The number of pyridine rings is 1. The van der Waals surface area contributed by atoms with Gasteiger partial charge >= 0.3 is 6.09 Å². The number of aromatic nitrogens is 1. The molecule has 1 aliphatic heterocycles. The monoisotopic (exact) mass is 367 g/mol. The smallest absolute Gasteiger partial charge is 0.404 e. The van der Waals surface area contributed by atoms with E-state index < -0.39 is 36.9 Å². The number of carbonyl (C=O) groups excluding carboxylic acids is 1. The lowest BCUT2D eigenvalue weighted by atomic mass is 9.98. The van der Waals surface area contributed by atoms with Gasteiger partial charge in [0.25, 0.3) is 11.8 Å². The number of rotatable bonds is 3. The highest BCUT2D eigenvalue weighted by atomic mass is 35.5. The number of nitrogens with zero attached hydrogens (tertiary/aromatic N) is 2. The highest BCUT2D eigenvalue weighted by molar-refractivity contribution is 6.34. The maximum Gasteiger partial charge on any atom is 0.404 e. The van der Waals surface area contributed by atoms with Gasteiger partial charge in [-0.25, -0.2) is 18.6 Å². The Kier molecular flexibility index (Phi) is 5.26. The van der Waals surface area contributed by atoms with Crippen molar-refractivity contribution in [1.29, 1.82) is 0 Å². The van der Waals surface area contributed by atoms with Crippen LogP contribution in [0.2, 0.25) is 10.2 Å². The molecule has 1 aromatic rings. The molecule has 2 N–H and O–H groups in total. The lowest BCUT2D eigenvalue weighted by molar-refractivity contribution is -0.0715. The number of likely N-dealkylation sites (tertiary alicyclic amines) is 1. The molecule has 0 unspecified atom stereocenters. The molecule has 0 radical (unpaired) electrons. The number of amides is 2. The molecule has 1 aromatic heterocycles. The molecule has 23 heavy (non-hydrogen) atoms. The molecule has 1 fully saturated rings. The average Bonchev–Trinajstić information content (AvgIpc) is 2.47. The molecule has 0 spiro atoms. The summed E-state index contributed by atoms with van der Waals surface area (Å²) in [6.07, 6.45) is -1.77. The van der Waals surface area contributed by atoms with Crippen LogP contribution in [0.25, 0.3) is 0 Å². The van der Waals surface area contributed by atoms with Crippen LogP contribution in [0.5, 0.6) is 0 Å². The molecule has 1 saturated heterocycles. The van der Waals surface area contributed by atoms with Crippen LogP contribution >= 0.6 is 23.2 Å². The summed E-state index contributed by atoms with van der Waals surface area (Å²) in [5.74, 6) is -3.87. The third-order valence-corrected chi connectivity index (χ3v) is 3.97. The van der Waals surface area contributed by atoms with Crippen molar-refractivity contribution in [2.75, 3.05) is 13.1 Å². The van der Waals surface area contributed by atoms with Crippen LogP contribution in [0.15, 0.2) is 12.1 Å². The second-order valence-corrected chi connectivity index (χ2v) is 5.93. The first-order valence-electron chi connectivity index (χ1n) is 6.67. The van der Waals surface area contributed by atoms with Crippen LogP contribution in [0.1, 0.15) is 23.3 Å². The van der Waals surface area contributed by atoms with Crippen molar-refractivity contribution in [2.45, 2.75) is 24.8 Å². The van der Waals surface area contributed by atoms with Gasteiger partial charge in [0.15, 0.2) is 0 Å². The highest BCUT2D eigenvalue weighted by Gasteiger charge is 2.43. The second-order valence-electron chi connectivity index (χ2n) is 5.13. The summed E-state index contributed by atoms with van der Waals surface area (Å²) < 4.78 is 27.3. The lowest BCUT2D eigenvalue weighted by Crippen LogP contribution is -2.55. The summed E-state index contributed by atoms with van der Waals surface area (Å²) in [7, 11) is 0. The van der Waals surface area contributed by atoms with Gasteiger partial charge in [0.1, 0.15) is 10.8 Å². The second kappa shape index (κ2) is 6.84. The molecule has 6 nitrogen and oxygen atoms in total. The van der Waals surface area contributed by atoms with Crippen LogP contribution in [-0.4, -0.2) is 52.0 Å². The normalized spacial score (nSPS) is 20.2. The van der Waals surface area contributed by atoms with Crippen molar-refractivity contribution >= 4 is 35.2 Å². The van der Waals surface area contributed by atoms with Gasteiger partial charge in [0, 0.05) is 13.0 Å². The Labute approximate surface area is 140 Å². The first-order valence-corrected chi connectivity index (χ1v) is 7.43. The van der Waals surface area contributed by atoms with Crippen molar-refractivity contribution in [1.82, 2.24) is 15.2 Å². The van der Waals surface area contributed by atoms with E-state index in [1.807, 2.05) is 0 Å². The molecule has 10 heteroatoms. The number of alkyl halides is 2. The Balaban J connectivity index is 2.27. The van der Waals surface area contributed by atoms with E-state index in [1.54, 1.807) is 0 Å². The zero-order valence-corrected chi connectivity index (χ0v) is 13.2. The number of halogens is 4. The van der Waals surface area contributed by atoms with E-state index in [9.17, 15) is 18.4 Å². The van der Waals surface area contributed by atoms with Gasteiger partial charge in [-0.2, -0.15) is 0 Å². The zero-order chi connectivity index (χ0) is 17.2. The number of carbonyl (C=O) groups is 2. The number of carboxylic acid groups (broad SMARTS) is 1. The Morgan fingerprint density at radius 3 is 2.78 bits per heavy atom. The maximum absolute atomic E-state index is 13.7. The molecule has 0 saturated carbocycles. The van der Waals surface area contributed by atoms with Gasteiger partial charge in [0.2, 0.25) is 0 Å². The fourth-order valence-electron chi connectivity index (χ4n) is 2.35. The molecule has 2 heterocycles. The summed E-state index contributed by atoms with van der Waals surface area (Å²) in [4.78, 5) is 27.8. The summed E-state index contributed by atoms with van der Waals surface area (Å²) in [6, 6.07) is 2.00. The number of nitrogens with one attached hydrogen (secondary N) is 1. The maximum atomic E-state index is 13.7. The fraction of sp³-hybridized carbons (Fsp3) is 0.462. The first kappa shape index (κ1) is 17.7. The third-order valence-electron chi connectivity index (χ3n) is 3.45. The summed E-state index contributed by atoms with van der Waals surface area (Å²) in [5, 5.41) is 10.7. The summed E-state index contributed by atoms with van der Waals surface area (Å²) in [5.41, 5.74) is -0.239. The Morgan fingerprint density at radius 2 is 2.13 bits per heavy atom. The van der Waals surface area contributed by atoms with Gasteiger partial charge < -0.3 is 15.3 Å². The zero-order valence-electron chi connectivity index (χ0n) is 11.7. The SMILES string of the molecule is O=C(O)NC[C@H]1CCC(F)(F)CN1C(=O)c1nc(Cl)ccc1Cl. The molecule has 0 aromatic carbocycles. The van der Waals surface area contributed by atoms with Crippen molar-refractivity contribution < 1.29 is 23.5 Å². The fourth-order valence-corrected chi connectivity index (χ4v) is 2.68. The molecule has 1 aliphatic rings. The Bertz CT molecular complexity index is 630. The first-order chi connectivity index (χ1) is 10.7. The Morgan fingerprint density at radius 1 is 1.43 bits per heavy atom. The van der Waals surface area contributed by atoms with E-state index in [-0.39, 0.29) is 28.8 Å². The van der Waals surface area contributed by atoms with E-state index in [1.165, 1.54) is 12.1 Å². The quantitative estimate of drug-likeness (QED) is 0.804. The van der Waals surface area contributed by atoms with Gasteiger partial charge in [0.05, 0.1) is 17.6 Å². The minimum Gasteiger partial charge on any atom is -0.465 e. The molecular weight excluding hydrogens is 355 g/mol. The molecule has 0 aliphatic carbocycles. The van der Waals surface area contributed by atoms with Crippen LogP contribution in [0, 0.1) is 0 Å². The molecule has 126 valence electrons. The van der Waals surface area contributed by atoms with E-state index in [4.69, 9.17) is 28.3 Å². The molecule has 1 atom stereocenters. The van der Waals surface area contributed by atoms with Crippen LogP contribution in [0.3, 0.4) is 0 Å². The van der Waals surface area contributed by atoms with Crippen molar-refractivity contribution in [3.05, 3.63) is 28.0 Å².